The van der Waals surface area contributed by atoms with Gasteiger partial charge < -0.3 is 20.4 Å². The zero-order valence-electron chi connectivity index (χ0n) is 11.3. The molecule has 0 bridgehead atoms. The Balaban J connectivity index is 2.59. The lowest BCUT2D eigenvalue weighted by atomic mass is 10.0. The second-order valence-electron chi connectivity index (χ2n) is 4.90. The molecule has 9 nitrogen and oxygen atoms in total. The van der Waals surface area contributed by atoms with Crippen LogP contribution in [-0.2, 0) is 19.6 Å². The van der Waals surface area contributed by atoms with Crippen molar-refractivity contribution >= 4 is 21.8 Å². The predicted molar refractivity (Wildman–Crippen MR) is 69.1 cm³/mol. The maximum Gasteiger partial charge on any atom is 0.237 e. The van der Waals surface area contributed by atoms with Crippen molar-refractivity contribution in [3.8, 4) is 0 Å². The van der Waals surface area contributed by atoms with E-state index in [1.807, 2.05) is 4.72 Å². The maximum absolute atomic E-state index is 11.8. The van der Waals surface area contributed by atoms with Crippen molar-refractivity contribution in [2.24, 2.45) is 0 Å². The Morgan fingerprint density at radius 1 is 1.45 bits per heavy atom. The first-order valence-electron chi connectivity index (χ1n) is 5.91. The van der Waals surface area contributed by atoms with E-state index in [9.17, 15) is 28.2 Å². The van der Waals surface area contributed by atoms with Crippen molar-refractivity contribution in [1.82, 2.24) is 14.9 Å². The van der Waals surface area contributed by atoms with Gasteiger partial charge in [-0.15, -0.1) is 0 Å². The molecule has 0 unspecified atom stereocenters. The molecule has 2 amide bonds. The molecule has 1 fully saturated rings. The van der Waals surface area contributed by atoms with Crippen LogP contribution in [0.15, 0.2) is 0 Å². The molecule has 1 rings (SSSR count). The molecule has 2 atom stereocenters. The van der Waals surface area contributed by atoms with Gasteiger partial charge in [-0.25, -0.2) is 13.1 Å². The number of carbonyl (C=O) groups is 2. The molecule has 1 aliphatic heterocycles. The highest BCUT2D eigenvalue weighted by Gasteiger charge is 2.46. The average Bonchev–Trinajstić information content (AvgIpc) is 2.60. The number of β-amino-alcohol motifs (C(OH)–C–C–N with tert-alkyl or cyclic N) is 2. The molecule has 116 valence electrons. The van der Waals surface area contributed by atoms with Gasteiger partial charge >= 0.3 is 0 Å². The molecule has 0 aromatic heterocycles. The molecular formula is C10H19N3O6S. The summed E-state index contributed by atoms with van der Waals surface area (Å²) in [5.41, 5.74) is -1.63. The lowest BCUT2D eigenvalue weighted by Gasteiger charge is -2.25. The number of sulfonamides is 1. The van der Waals surface area contributed by atoms with Crippen molar-refractivity contribution in [2.45, 2.75) is 18.6 Å². The summed E-state index contributed by atoms with van der Waals surface area (Å²) >= 11 is 0. The van der Waals surface area contributed by atoms with Gasteiger partial charge in [-0.2, -0.15) is 0 Å². The van der Waals surface area contributed by atoms with Gasteiger partial charge in [0.05, 0.1) is 25.9 Å². The molecule has 1 aliphatic rings. The van der Waals surface area contributed by atoms with Crippen molar-refractivity contribution in [3.05, 3.63) is 0 Å². The third-order valence-electron chi connectivity index (χ3n) is 2.96. The van der Waals surface area contributed by atoms with E-state index >= 15 is 0 Å². The van der Waals surface area contributed by atoms with Crippen molar-refractivity contribution in [3.63, 3.8) is 0 Å². The fourth-order valence-corrected chi connectivity index (χ4v) is 2.21. The Kier molecular flexibility index (Phi) is 5.08. The Bertz CT molecular complexity index is 493. The Morgan fingerprint density at radius 2 is 2.05 bits per heavy atom. The van der Waals surface area contributed by atoms with Crippen LogP contribution < -0.4 is 10.0 Å². The first kappa shape index (κ1) is 16.8. The zero-order valence-corrected chi connectivity index (χ0v) is 12.1. The monoisotopic (exact) mass is 309 g/mol. The number of hydrogen-bond acceptors (Lipinski definition) is 6. The number of aliphatic hydroxyl groups excluding tert-OH is 1. The first-order valence-corrected chi connectivity index (χ1v) is 7.80. The minimum absolute atomic E-state index is 0.125. The van der Waals surface area contributed by atoms with Gasteiger partial charge in [0.1, 0.15) is 11.7 Å². The zero-order chi connectivity index (χ0) is 15.6. The number of amides is 2. The number of carbonyl (C=O) groups excluding carboxylic acids is 2. The molecule has 0 saturated carbocycles. The van der Waals surface area contributed by atoms with Gasteiger partial charge in [-0.1, -0.05) is 0 Å². The van der Waals surface area contributed by atoms with Crippen molar-refractivity contribution < 1.29 is 28.2 Å². The molecule has 1 saturated heterocycles. The number of hydrogen-bond donors (Lipinski definition) is 4. The molecule has 1 heterocycles. The second kappa shape index (κ2) is 6.04. The molecule has 0 aromatic carbocycles. The van der Waals surface area contributed by atoms with Crippen LogP contribution in [0.25, 0.3) is 0 Å². The van der Waals surface area contributed by atoms with Crippen LogP contribution >= 0.6 is 0 Å². The standard InChI is InChI=1S/C10H19N3O6S/c1-7(14)11-5-10(17)6-13(4-8(10)15)9(16)3-12-20(2,18)19/h8,12,15,17H,3-6H2,1-2H3,(H,11,14)/t8-,10+/m1/s1. The summed E-state index contributed by atoms with van der Waals surface area (Å²) in [4.78, 5) is 23.7. The summed E-state index contributed by atoms with van der Waals surface area (Å²) in [5.74, 6) is -0.928. The smallest absolute Gasteiger partial charge is 0.237 e. The van der Waals surface area contributed by atoms with Crippen LogP contribution in [0.4, 0.5) is 0 Å². The summed E-state index contributed by atoms with van der Waals surface area (Å²) in [7, 11) is -3.49. The second-order valence-corrected chi connectivity index (χ2v) is 6.73. The van der Waals surface area contributed by atoms with E-state index in [2.05, 4.69) is 5.32 Å². The number of likely N-dealkylation sites (tertiary alicyclic amines) is 1. The van der Waals surface area contributed by atoms with Crippen molar-refractivity contribution in [1.29, 1.82) is 0 Å². The quantitative estimate of drug-likeness (QED) is 0.418. The molecule has 0 aromatic rings. The van der Waals surface area contributed by atoms with Gasteiger partial charge in [0.25, 0.3) is 0 Å². The molecule has 4 N–H and O–H groups in total. The third-order valence-corrected chi connectivity index (χ3v) is 3.63. The number of nitrogens with zero attached hydrogens (tertiary/aromatic N) is 1. The first-order chi connectivity index (χ1) is 9.03. The van der Waals surface area contributed by atoms with Crippen LogP contribution in [0.5, 0.6) is 0 Å². The number of rotatable bonds is 5. The minimum atomic E-state index is -3.49. The topological polar surface area (TPSA) is 136 Å². The fourth-order valence-electron chi connectivity index (χ4n) is 1.82. The summed E-state index contributed by atoms with van der Waals surface area (Å²) in [5, 5.41) is 22.3. The average molecular weight is 309 g/mol. The van der Waals surface area contributed by atoms with Gasteiger partial charge in [-0.3, -0.25) is 9.59 Å². The van der Waals surface area contributed by atoms with Gasteiger partial charge in [-0.05, 0) is 0 Å². The fraction of sp³-hybridized carbons (Fsp3) is 0.800. The third kappa shape index (κ3) is 4.71. The van der Waals surface area contributed by atoms with Crippen LogP contribution in [0.3, 0.4) is 0 Å². The van der Waals surface area contributed by atoms with E-state index in [4.69, 9.17) is 0 Å². The molecular weight excluding hydrogens is 290 g/mol. The Hall–Kier alpha value is -1.23. The summed E-state index contributed by atoms with van der Waals surface area (Å²) in [6.45, 7) is 0.331. The normalized spacial score (nSPS) is 26.6. The highest BCUT2D eigenvalue weighted by atomic mass is 32.2. The summed E-state index contributed by atoms with van der Waals surface area (Å²) in [6, 6.07) is 0. The lowest BCUT2D eigenvalue weighted by Crippen LogP contribution is -2.51. The molecule has 20 heavy (non-hydrogen) atoms. The molecule has 10 heteroatoms. The summed E-state index contributed by atoms with van der Waals surface area (Å²) in [6.07, 6.45) is -0.289. The maximum atomic E-state index is 11.8. The van der Waals surface area contributed by atoms with E-state index in [1.165, 1.54) is 6.92 Å². The Labute approximate surface area is 117 Å². The highest BCUT2D eigenvalue weighted by molar-refractivity contribution is 7.88. The minimum Gasteiger partial charge on any atom is -0.388 e. The van der Waals surface area contributed by atoms with Crippen LogP contribution in [-0.4, -0.2) is 79.5 Å². The number of nitrogens with one attached hydrogen (secondary N) is 2. The van der Waals surface area contributed by atoms with Crippen molar-refractivity contribution in [2.75, 3.05) is 32.4 Å². The molecule has 0 spiro atoms. The molecule has 0 radical (unpaired) electrons. The van der Waals surface area contributed by atoms with Gasteiger partial charge in [0.15, 0.2) is 0 Å². The van der Waals surface area contributed by atoms with Crippen LogP contribution in [0.1, 0.15) is 6.92 Å². The van der Waals surface area contributed by atoms with E-state index in [0.29, 0.717) is 0 Å². The van der Waals surface area contributed by atoms with Crippen LogP contribution in [0, 0.1) is 0 Å². The lowest BCUT2D eigenvalue weighted by molar-refractivity contribution is -0.129. The predicted octanol–water partition coefficient (Wildman–Crippen LogP) is -3.39. The van der Waals surface area contributed by atoms with Crippen LogP contribution in [0.2, 0.25) is 0 Å². The largest absolute Gasteiger partial charge is 0.388 e. The SMILES string of the molecule is CC(=O)NC[C@]1(O)CN(C(=O)CNS(C)(=O)=O)C[C@H]1O. The Morgan fingerprint density at radius 3 is 2.55 bits per heavy atom. The van der Waals surface area contributed by atoms with Gasteiger partial charge in [0.2, 0.25) is 21.8 Å². The number of aliphatic hydroxyl groups is 2. The highest BCUT2D eigenvalue weighted by Crippen LogP contribution is 2.21. The molecule has 0 aliphatic carbocycles. The van der Waals surface area contributed by atoms with E-state index in [0.717, 1.165) is 11.2 Å². The summed E-state index contributed by atoms with van der Waals surface area (Å²) < 4.78 is 23.8. The van der Waals surface area contributed by atoms with E-state index in [1.54, 1.807) is 0 Å². The van der Waals surface area contributed by atoms with E-state index in [-0.39, 0.29) is 25.5 Å². The van der Waals surface area contributed by atoms with Gasteiger partial charge in [0, 0.05) is 13.5 Å². The van der Waals surface area contributed by atoms with E-state index < -0.39 is 34.2 Å².